The molecule has 31 heavy (non-hydrogen) atoms. The molecule has 2 heterocycles. The van der Waals surface area contributed by atoms with Crippen molar-refractivity contribution < 1.29 is 15.0 Å². The van der Waals surface area contributed by atoms with E-state index in [4.69, 9.17) is 11.6 Å². The molecule has 4 N–H and O–H groups in total. The second-order valence-electron chi connectivity index (χ2n) is 8.16. The van der Waals surface area contributed by atoms with E-state index in [1.807, 2.05) is 38.1 Å². The number of aromatic carboxylic acids is 1. The molecule has 156 valence electrons. The average molecular weight is 433 g/mol. The highest BCUT2D eigenvalue weighted by atomic mass is 35.5. The van der Waals surface area contributed by atoms with Gasteiger partial charge < -0.3 is 20.2 Å². The van der Waals surface area contributed by atoms with Gasteiger partial charge in [0, 0.05) is 44.9 Å². The lowest BCUT2D eigenvalue weighted by Crippen LogP contribution is -2.02. The topological polar surface area (TPSA) is 89.1 Å². The van der Waals surface area contributed by atoms with Crippen molar-refractivity contribution in [3.63, 3.8) is 0 Å². The maximum Gasteiger partial charge on any atom is 0.352 e. The number of halogens is 1. The fourth-order valence-electron chi connectivity index (χ4n) is 4.65. The highest BCUT2D eigenvalue weighted by Crippen LogP contribution is 2.47. The van der Waals surface area contributed by atoms with Gasteiger partial charge in [-0.15, -0.1) is 0 Å². The van der Waals surface area contributed by atoms with Crippen LogP contribution in [0.25, 0.3) is 39.4 Å². The van der Waals surface area contributed by atoms with Crippen LogP contribution in [0.4, 0.5) is 0 Å². The smallest absolute Gasteiger partial charge is 0.352 e. The largest absolute Gasteiger partial charge is 0.508 e. The zero-order valence-electron chi connectivity index (χ0n) is 17.1. The number of hydrogen-bond acceptors (Lipinski definition) is 2. The first-order valence-electron chi connectivity index (χ1n) is 10.1. The quantitative estimate of drug-likeness (QED) is 0.293. The van der Waals surface area contributed by atoms with Crippen LogP contribution in [0.2, 0.25) is 5.02 Å². The van der Waals surface area contributed by atoms with Gasteiger partial charge in [0.15, 0.2) is 0 Å². The second-order valence-corrected chi connectivity index (χ2v) is 8.56. The first-order chi connectivity index (χ1) is 14.9. The van der Waals surface area contributed by atoms with Crippen LogP contribution in [0.15, 0.2) is 42.6 Å². The van der Waals surface area contributed by atoms with Crippen molar-refractivity contribution >= 4 is 34.5 Å². The van der Waals surface area contributed by atoms with Gasteiger partial charge >= 0.3 is 5.97 Å². The van der Waals surface area contributed by atoms with Gasteiger partial charge in [-0.3, -0.25) is 0 Å². The molecule has 1 aliphatic rings. The minimum absolute atomic E-state index is 0.00277. The lowest BCUT2D eigenvalue weighted by Gasteiger charge is -2.16. The number of rotatable bonds is 4. The summed E-state index contributed by atoms with van der Waals surface area (Å²) in [7, 11) is 0. The molecule has 0 aliphatic heterocycles. The number of carboxylic acids is 1. The summed E-state index contributed by atoms with van der Waals surface area (Å²) >= 11 is 6.67. The summed E-state index contributed by atoms with van der Waals surface area (Å²) in [4.78, 5) is 18.6. The van der Waals surface area contributed by atoms with Gasteiger partial charge in [0.1, 0.15) is 11.4 Å². The van der Waals surface area contributed by atoms with Crippen molar-refractivity contribution in [2.45, 2.75) is 26.2 Å². The molecule has 6 heteroatoms. The van der Waals surface area contributed by atoms with E-state index in [-0.39, 0.29) is 17.4 Å². The van der Waals surface area contributed by atoms with Crippen molar-refractivity contribution in [1.82, 2.24) is 9.97 Å². The minimum atomic E-state index is -1.05. The number of aromatic hydroxyl groups is 1. The molecule has 2 aromatic heterocycles. The molecule has 0 amide bonds. The zero-order chi connectivity index (χ0) is 21.9. The summed E-state index contributed by atoms with van der Waals surface area (Å²) in [5.74, 6) is -0.943. The van der Waals surface area contributed by atoms with Gasteiger partial charge in [-0.2, -0.15) is 0 Å². The molecule has 5 nitrogen and oxygen atoms in total. The second kappa shape index (κ2) is 7.06. The Morgan fingerprint density at radius 2 is 1.97 bits per heavy atom. The van der Waals surface area contributed by atoms with E-state index in [1.54, 1.807) is 18.3 Å². The number of benzene rings is 2. The summed E-state index contributed by atoms with van der Waals surface area (Å²) in [5.41, 5.74) is 6.59. The van der Waals surface area contributed by atoms with E-state index in [2.05, 4.69) is 16.0 Å². The monoisotopic (exact) mass is 432 g/mol. The first-order valence-corrected chi connectivity index (χ1v) is 10.5. The molecule has 0 spiro atoms. The van der Waals surface area contributed by atoms with Crippen LogP contribution in [0.3, 0.4) is 0 Å². The first kappa shape index (κ1) is 19.5. The predicted molar refractivity (Wildman–Crippen MR) is 124 cm³/mol. The van der Waals surface area contributed by atoms with Gasteiger partial charge in [0.25, 0.3) is 0 Å². The lowest BCUT2D eigenvalue weighted by atomic mass is 9.87. The van der Waals surface area contributed by atoms with Crippen LogP contribution in [0.5, 0.6) is 5.75 Å². The summed E-state index contributed by atoms with van der Waals surface area (Å²) in [6, 6.07) is 9.07. The lowest BCUT2D eigenvalue weighted by molar-refractivity contribution is 0.0692. The molecule has 1 aliphatic carbocycles. The van der Waals surface area contributed by atoms with Crippen LogP contribution in [-0.4, -0.2) is 26.2 Å². The van der Waals surface area contributed by atoms with Crippen LogP contribution in [-0.2, 0) is 6.42 Å². The van der Waals surface area contributed by atoms with Gasteiger partial charge in [-0.25, -0.2) is 4.79 Å². The summed E-state index contributed by atoms with van der Waals surface area (Å²) in [5, 5.41) is 21.8. The Balaban J connectivity index is 1.91. The van der Waals surface area contributed by atoms with Gasteiger partial charge in [-0.1, -0.05) is 43.7 Å². The Hall–Kier alpha value is -3.44. The molecule has 2 aromatic carbocycles. The summed E-state index contributed by atoms with van der Waals surface area (Å²) < 4.78 is 0. The molecule has 0 unspecified atom stereocenters. The molecular formula is C25H21ClN2O3. The van der Waals surface area contributed by atoms with Crippen LogP contribution in [0, 0.1) is 0 Å². The maximum absolute atomic E-state index is 12.4. The van der Waals surface area contributed by atoms with E-state index < -0.39 is 5.97 Å². The SMILES string of the molecule is CC(C)c1c(-c2cc(O)cc3[nH]ccc23)[nH]c(C(=O)O)c1-c1c(Cl)ccc2c1C=CC2. The number of aromatic nitrogens is 2. The fraction of sp³-hybridized carbons (Fsp3) is 0.160. The Bertz CT molecular complexity index is 1390. The number of carboxylic acid groups (broad SMARTS) is 1. The van der Waals surface area contributed by atoms with Crippen molar-refractivity contribution in [1.29, 1.82) is 0 Å². The van der Waals surface area contributed by atoms with Crippen molar-refractivity contribution in [2.24, 2.45) is 0 Å². The van der Waals surface area contributed by atoms with Crippen LogP contribution >= 0.6 is 11.6 Å². The Morgan fingerprint density at radius 3 is 2.71 bits per heavy atom. The zero-order valence-corrected chi connectivity index (χ0v) is 17.8. The van der Waals surface area contributed by atoms with E-state index in [1.165, 1.54) is 0 Å². The Kier molecular flexibility index (Phi) is 4.45. The highest BCUT2D eigenvalue weighted by Gasteiger charge is 2.30. The number of H-pyrrole nitrogens is 2. The van der Waals surface area contributed by atoms with Crippen LogP contribution in [0.1, 0.15) is 46.9 Å². The number of hydrogen-bond donors (Lipinski definition) is 4. The molecule has 5 rings (SSSR count). The van der Waals surface area contributed by atoms with Gasteiger partial charge in [0.2, 0.25) is 0 Å². The van der Waals surface area contributed by atoms with Gasteiger partial charge in [0.05, 0.1) is 5.69 Å². The van der Waals surface area contributed by atoms with E-state index in [0.29, 0.717) is 16.3 Å². The predicted octanol–water partition coefficient (Wildman–Crippen LogP) is 6.58. The highest BCUT2D eigenvalue weighted by molar-refractivity contribution is 6.34. The van der Waals surface area contributed by atoms with E-state index >= 15 is 0 Å². The van der Waals surface area contributed by atoms with Crippen molar-refractivity contribution in [3.8, 4) is 28.1 Å². The van der Waals surface area contributed by atoms with Gasteiger partial charge in [-0.05, 0) is 47.2 Å². The van der Waals surface area contributed by atoms with E-state index in [0.717, 1.165) is 45.1 Å². The third-order valence-electron chi connectivity index (χ3n) is 5.91. The van der Waals surface area contributed by atoms with E-state index in [9.17, 15) is 15.0 Å². The molecule has 0 radical (unpaired) electrons. The third kappa shape index (κ3) is 2.96. The number of allylic oxidation sites excluding steroid dienone is 1. The molecule has 0 saturated heterocycles. The maximum atomic E-state index is 12.4. The average Bonchev–Trinajstić information content (AvgIpc) is 3.44. The molecule has 0 bridgehead atoms. The number of carbonyl (C=O) groups is 1. The Morgan fingerprint density at radius 1 is 1.16 bits per heavy atom. The molecule has 0 atom stereocenters. The third-order valence-corrected chi connectivity index (χ3v) is 6.23. The fourth-order valence-corrected chi connectivity index (χ4v) is 4.90. The van der Waals surface area contributed by atoms with Crippen LogP contribution < -0.4 is 0 Å². The molecular weight excluding hydrogens is 412 g/mol. The Labute approximate surface area is 184 Å². The standard InChI is InChI=1S/C25H21ClN2O3/c1-12(2)20-22(21-15-5-3-4-13(15)6-7-18(21)26)24(25(30)31)28-23(20)17-10-14(29)11-19-16(17)8-9-27-19/h3,5-12,27-29H,4H2,1-2H3,(H,30,31). The number of phenolic OH excluding ortho intramolecular Hbond substituents is 1. The van der Waals surface area contributed by atoms with Crippen molar-refractivity contribution in [2.75, 3.05) is 0 Å². The molecule has 0 fully saturated rings. The summed E-state index contributed by atoms with van der Waals surface area (Å²) in [6.07, 6.45) is 6.67. The number of phenols is 1. The summed E-state index contributed by atoms with van der Waals surface area (Å²) in [6.45, 7) is 4.07. The molecule has 0 saturated carbocycles. The van der Waals surface area contributed by atoms with Crippen molar-refractivity contribution in [3.05, 3.63) is 70.0 Å². The normalized spacial score (nSPS) is 12.8. The number of fused-ring (bicyclic) bond motifs is 2. The number of aromatic amines is 2. The molecule has 4 aromatic rings. The number of nitrogens with one attached hydrogen (secondary N) is 2. The minimum Gasteiger partial charge on any atom is -0.508 e.